The third-order valence-electron chi connectivity index (χ3n) is 4.94. The number of aryl methyl sites for hydroxylation is 1. The second kappa shape index (κ2) is 9.64. The second-order valence-electron chi connectivity index (χ2n) is 7.37. The van der Waals surface area contributed by atoms with Crippen LogP contribution in [0.5, 0.6) is 0 Å². The molecule has 3 rings (SSSR count). The Labute approximate surface area is 180 Å². The SMILES string of the molecule is C=CCCc1nc(C(F)(F)CCC)nn1Cc1ccc(-c2cccc(C(=O)O)c2)cc1. The van der Waals surface area contributed by atoms with Crippen molar-refractivity contribution in [3.8, 4) is 11.1 Å². The Morgan fingerprint density at radius 1 is 1.19 bits per heavy atom. The summed E-state index contributed by atoms with van der Waals surface area (Å²) in [5, 5.41) is 13.3. The summed E-state index contributed by atoms with van der Waals surface area (Å²) in [4.78, 5) is 15.3. The first kappa shape index (κ1) is 22.3. The molecule has 0 atom stereocenters. The summed E-state index contributed by atoms with van der Waals surface area (Å²) in [6.45, 7) is 5.71. The predicted molar refractivity (Wildman–Crippen MR) is 115 cm³/mol. The number of allylic oxidation sites excluding steroid dienone is 1. The van der Waals surface area contributed by atoms with E-state index < -0.39 is 17.7 Å². The molecule has 1 aromatic heterocycles. The average Bonchev–Trinajstić information content (AvgIpc) is 3.16. The van der Waals surface area contributed by atoms with Gasteiger partial charge in [0.05, 0.1) is 12.1 Å². The number of aromatic nitrogens is 3. The van der Waals surface area contributed by atoms with E-state index in [9.17, 15) is 13.6 Å². The highest BCUT2D eigenvalue weighted by Crippen LogP contribution is 2.31. The summed E-state index contributed by atoms with van der Waals surface area (Å²) in [6.07, 6.45) is 2.88. The zero-order chi connectivity index (χ0) is 22.4. The Morgan fingerprint density at radius 2 is 1.94 bits per heavy atom. The first-order valence-electron chi connectivity index (χ1n) is 10.2. The van der Waals surface area contributed by atoms with Crippen molar-refractivity contribution < 1.29 is 18.7 Å². The molecule has 1 heterocycles. The maximum Gasteiger partial charge on any atom is 0.335 e. The molecule has 0 unspecified atom stereocenters. The highest BCUT2D eigenvalue weighted by Gasteiger charge is 2.36. The van der Waals surface area contributed by atoms with Crippen LogP contribution in [0, 0.1) is 0 Å². The molecule has 0 aliphatic rings. The Bertz CT molecular complexity index is 1060. The molecule has 5 nitrogen and oxygen atoms in total. The number of rotatable bonds is 10. The zero-order valence-corrected chi connectivity index (χ0v) is 17.4. The molecule has 162 valence electrons. The van der Waals surface area contributed by atoms with Gasteiger partial charge in [-0.2, -0.15) is 8.78 Å². The van der Waals surface area contributed by atoms with Gasteiger partial charge >= 0.3 is 11.9 Å². The van der Waals surface area contributed by atoms with Gasteiger partial charge in [-0.3, -0.25) is 0 Å². The van der Waals surface area contributed by atoms with Crippen molar-refractivity contribution in [3.05, 3.63) is 84.0 Å². The number of carboxylic acid groups (broad SMARTS) is 1. The van der Waals surface area contributed by atoms with E-state index in [4.69, 9.17) is 5.11 Å². The zero-order valence-electron chi connectivity index (χ0n) is 17.4. The van der Waals surface area contributed by atoms with Crippen LogP contribution in [0.4, 0.5) is 8.78 Å². The van der Waals surface area contributed by atoms with Crippen LogP contribution >= 0.6 is 0 Å². The lowest BCUT2D eigenvalue weighted by Crippen LogP contribution is -2.15. The topological polar surface area (TPSA) is 68.0 Å². The van der Waals surface area contributed by atoms with E-state index in [1.807, 2.05) is 30.3 Å². The smallest absolute Gasteiger partial charge is 0.335 e. The van der Waals surface area contributed by atoms with E-state index in [1.54, 1.807) is 31.2 Å². The Kier molecular flexibility index (Phi) is 6.95. The number of nitrogens with zero attached hydrogens (tertiary/aromatic N) is 3. The summed E-state index contributed by atoms with van der Waals surface area (Å²) < 4.78 is 30.2. The summed E-state index contributed by atoms with van der Waals surface area (Å²) in [5.74, 6) is -3.96. The minimum absolute atomic E-state index is 0.219. The number of hydrogen-bond donors (Lipinski definition) is 1. The fourth-order valence-corrected chi connectivity index (χ4v) is 3.31. The van der Waals surface area contributed by atoms with Crippen molar-refractivity contribution in [2.45, 2.75) is 45.1 Å². The molecule has 0 aliphatic carbocycles. The van der Waals surface area contributed by atoms with Gasteiger partial charge in [0.2, 0.25) is 5.82 Å². The maximum absolute atomic E-state index is 14.3. The fourth-order valence-electron chi connectivity index (χ4n) is 3.31. The van der Waals surface area contributed by atoms with Gasteiger partial charge in [-0.1, -0.05) is 49.4 Å². The lowest BCUT2D eigenvalue weighted by Gasteiger charge is -2.10. The Morgan fingerprint density at radius 3 is 2.58 bits per heavy atom. The molecular weight excluding hydrogens is 400 g/mol. The van der Waals surface area contributed by atoms with E-state index in [0.29, 0.717) is 31.6 Å². The number of carbonyl (C=O) groups is 1. The van der Waals surface area contributed by atoms with Gasteiger partial charge in [0.15, 0.2) is 0 Å². The van der Waals surface area contributed by atoms with Crippen molar-refractivity contribution in [2.24, 2.45) is 0 Å². The van der Waals surface area contributed by atoms with Crippen molar-refractivity contribution in [2.75, 3.05) is 0 Å². The molecule has 0 saturated carbocycles. The van der Waals surface area contributed by atoms with Gasteiger partial charge in [0.25, 0.3) is 0 Å². The molecule has 2 aromatic carbocycles. The standard InChI is InChI=1S/C24H25F2N3O2/c1-3-5-9-21-27-23(24(25,26)14-4-2)28-29(21)16-17-10-12-18(13-11-17)19-7-6-8-20(15-19)22(30)31/h3,6-8,10-13,15H,1,4-5,9,14,16H2,2H3,(H,30,31). The molecule has 7 heteroatoms. The first-order chi connectivity index (χ1) is 14.8. The van der Waals surface area contributed by atoms with Crippen molar-refractivity contribution >= 4 is 5.97 Å². The largest absolute Gasteiger partial charge is 0.478 e. The number of benzene rings is 2. The van der Waals surface area contributed by atoms with Crippen LogP contribution in [0.25, 0.3) is 11.1 Å². The van der Waals surface area contributed by atoms with Gasteiger partial charge in [0.1, 0.15) is 5.82 Å². The second-order valence-corrected chi connectivity index (χ2v) is 7.37. The number of carboxylic acids is 1. The molecule has 0 radical (unpaired) electrons. The van der Waals surface area contributed by atoms with Gasteiger partial charge in [-0.05, 0) is 41.7 Å². The van der Waals surface area contributed by atoms with E-state index in [1.165, 1.54) is 4.68 Å². The lowest BCUT2D eigenvalue weighted by molar-refractivity contribution is -0.0232. The lowest BCUT2D eigenvalue weighted by atomic mass is 10.0. The summed E-state index contributed by atoms with van der Waals surface area (Å²) in [6, 6.07) is 14.2. The van der Waals surface area contributed by atoms with Gasteiger partial charge in [0, 0.05) is 12.8 Å². The molecule has 0 saturated heterocycles. The van der Waals surface area contributed by atoms with Crippen molar-refractivity contribution in [1.82, 2.24) is 14.8 Å². The number of aromatic carboxylic acids is 1. The number of alkyl halides is 2. The highest BCUT2D eigenvalue weighted by molar-refractivity contribution is 5.89. The predicted octanol–water partition coefficient (Wildman–Crippen LogP) is 5.70. The van der Waals surface area contributed by atoms with Crippen LogP contribution in [0.1, 0.15) is 53.8 Å². The Balaban J connectivity index is 1.84. The van der Waals surface area contributed by atoms with Crippen LogP contribution in [-0.4, -0.2) is 25.8 Å². The van der Waals surface area contributed by atoms with Crippen LogP contribution < -0.4 is 0 Å². The molecular formula is C24H25F2N3O2. The number of halogens is 2. The van der Waals surface area contributed by atoms with Crippen molar-refractivity contribution in [3.63, 3.8) is 0 Å². The molecule has 0 amide bonds. The fraction of sp³-hybridized carbons (Fsp3) is 0.292. The third kappa shape index (κ3) is 5.42. The summed E-state index contributed by atoms with van der Waals surface area (Å²) in [7, 11) is 0. The van der Waals surface area contributed by atoms with E-state index in [-0.39, 0.29) is 12.0 Å². The summed E-state index contributed by atoms with van der Waals surface area (Å²) in [5.41, 5.74) is 2.76. The highest BCUT2D eigenvalue weighted by atomic mass is 19.3. The van der Waals surface area contributed by atoms with E-state index in [2.05, 4.69) is 16.7 Å². The monoisotopic (exact) mass is 425 g/mol. The average molecular weight is 425 g/mol. The van der Waals surface area contributed by atoms with Gasteiger partial charge < -0.3 is 5.11 Å². The van der Waals surface area contributed by atoms with E-state index in [0.717, 1.165) is 16.7 Å². The minimum Gasteiger partial charge on any atom is -0.478 e. The molecule has 1 N–H and O–H groups in total. The number of hydrogen-bond acceptors (Lipinski definition) is 3. The summed E-state index contributed by atoms with van der Waals surface area (Å²) >= 11 is 0. The van der Waals surface area contributed by atoms with Gasteiger partial charge in [-0.25, -0.2) is 14.5 Å². The first-order valence-corrected chi connectivity index (χ1v) is 10.2. The van der Waals surface area contributed by atoms with Crippen LogP contribution in [0.2, 0.25) is 0 Å². The molecule has 0 spiro atoms. The molecule has 0 fully saturated rings. The molecule has 31 heavy (non-hydrogen) atoms. The van der Waals surface area contributed by atoms with Crippen LogP contribution in [-0.2, 0) is 18.9 Å². The van der Waals surface area contributed by atoms with Crippen LogP contribution in [0.15, 0.2) is 61.2 Å². The third-order valence-corrected chi connectivity index (χ3v) is 4.94. The minimum atomic E-state index is -3.05. The Hall–Kier alpha value is -3.35. The molecule has 0 bridgehead atoms. The quantitative estimate of drug-likeness (QED) is 0.423. The molecule has 0 aliphatic heterocycles. The van der Waals surface area contributed by atoms with Crippen molar-refractivity contribution in [1.29, 1.82) is 0 Å². The normalized spacial score (nSPS) is 11.5. The van der Waals surface area contributed by atoms with Crippen LogP contribution in [0.3, 0.4) is 0 Å². The van der Waals surface area contributed by atoms with E-state index >= 15 is 0 Å². The maximum atomic E-state index is 14.3. The van der Waals surface area contributed by atoms with Gasteiger partial charge in [-0.15, -0.1) is 11.7 Å². The molecule has 3 aromatic rings.